The number of amides is 2. The Morgan fingerprint density at radius 2 is 1.25 bits per heavy atom. The van der Waals surface area contributed by atoms with Gasteiger partial charge in [-0.25, -0.2) is 0 Å². The first-order valence-corrected chi connectivity index (χ1v) is 9.68. The molecule has 0 spiro atoms. The van der Waals surface area contributed by atoms with Gasteiger partial charge in [0.25, 0.3) is 11.8 Å². The topological polar surface area (TPSA) is 64.7 Å². The molecule has 0 radical (unpaired) electrons. The molecule has 0 bridgehead atoms. The molecular weight excluding hydrogens is 392 g/mol. The Hall–Kier alpha value is -2.84. The zero-order valence-electron chi connectivity index (χ0n) is 15.1. The molecule has 28 heavy (non-hydrogen) atoms. The SMILES string of the molecule is CC(C(=O)NN1Cc2ccccc2C1=S)C(=O)NN1Cc2ccccc2C1=S.[HH].[HH]. The first-order chi connectivity index (χ1) is 13.5. The number of hydrazine groups is 2. The minimum Gasteiger partial charge on any atom is -0.272 e. The van der Waals surface area contributed by atoms with E-state index in [1.165, 1.54) is 0 Å². The molecular formula is C20H22N4O2S2. The van der Waals surface area contributed by atoms with Crippen LogP contribution in [0.25, 0.3) is 0 Å². The second kappa shape index (κ2) is 7.29. The average Bonchev–Trinajstić information content (AvgIpc) is 3.18. The van der Waals surface area contributed by atoms with Gasteiger partial charge in [0.05, 0.1) is 13.1 Å². The van der Waals surface area contributed by atoms with E-state index in [-0.39, 0.29) is 2.85 Å². The van der Waals surface area contributed by atoms with Crippen molar-refractivity contribution in [2.75, 3.05) is 0 Å². The molecule has 2 amide bonds. The number of carbonyl (C=O) groups is 2. The van der Waals surface area contributed by atoms with Gasteiger partial charge in [-0.05, 0) is 18.1 Å². The molecule has 146 valence electrons. The smallest absolute Gasteiger partial charge is 0.250 e. The van der Waals surface area contributed by atoms with Crippen LogP contribution in [0.1, 0.15) is 32.0 Å². The molecule has 2 aromatic carbocycles. The lowest BCUT2D eigenvalue weighted by Gasteiger charge is -2.24. The minimum absolute atomic E-state index is 0. The number of rotatable bonds is 4. The molecule has 2 N–H and O–H groups in total. The highest BCUT2D eigenvalue weighted by Crippen LogP contribution is 2.23. The van der Waals surface area contributed by atoms with Gasteiger partial charge in [-0.1, -0.05) is 73.0 Å². The van der Waals surface area contributed by atoms with Crippen molar-refractivity contribution in [2.24, 2.45) is 5.92 Å². The molecule has 2 heterocycles. The van der Waals surface area contributed by atoms with Crippen LogP contribution in [0.5, 0.6) is 0 Å². The Balaban J connectivity index is 0.00000160. The zero-order chi connectivity index (χ0) is 19.8. The highest BCUT2D eigenvalue weighted by molar-refractivity contribution is 7.81. The van der Waals surface area contributed by atoms with Crippen LogP contribution in [-0.4, -0.2) is 31.8 Å². The first-order valence-electron chi connectivity index (χ1n) is 8.86. The number of fused-ring (bicyclic) bond motifs is 2. The lowest BCUT2D eigenvalue weighted by Crippen LogP contribution is -2.51. The Morgan fingerprint density at radius 1 is 0.857 bits per heavy atom. The lowest BCUT2D eigenvalue weighted by molar-refractivity contribution is -0.138. The Bertz CT molecular complexity index is 938. The van der Waals surface area contributed by atoms with E-state index in [0.29, 0.717) is 23.1 Å². The standard InChI is InChI=1S/C20H18N4O2S2.2H2/c1-12(17(25)21-23-10-13-6-2-4-8-15(13)19(23)27)18(26)22-24-11-14-7-3-5-9-16(14)20(24)28;;/h2-9,12H,10-11H2,1H3,(H,21,25)(H,22,26);2*1H. The molecule has 2 aliphatic rings. The summed E-state index contributed by atoms with van der Waals surface area (Å²) in [6.45, 7) is 2.53. The summed E-state index contributed by atoms with van der Waals surface area (Å²) in [6, 6.07) is 15.5. The van der Waals surface area contributed by atoms with Crippen LogP contribution in [0.2, 0.25) is 0 Å². The van der Waals surface area contributed by atoms with E-state index in [0.717, 1.165) is 22.3 Å². The van der Waals surface area contributed by atoms with Crippen LogP contribution in [0.3, 0.4) is 0 Å². The van der Waals surface area contributed by atoms with E-state index >= 15 is 0 Å². The number of nitrogens with zero attached hydrogens (tertiary/aromatic N) is 2. The van der Waals surface area contributed by atoms with Gasteiger partial charge >= 0.3 is 0 Å². The van der Waals surface area contributed by atoms with Gasteiger partial charge < -0.3 is 0 Å². The molecule has 8 heteroatoms. The lowest BCUT2D eigenvalue weighted by atomic mass is 10.1. The third-order valence-corrected chi connectivity index (χ3v) is 5.80. The van der Waals surface area contributed by atoms with Crippen molar-refractivity contribution in [3.05, 3.63) is 70.8 Å². The molecule has 2 aliphatic heterocycles. The maximum absolute atomic E-state index is 12.6. The van der Waals surface area contributed by atoms with Crippen LogP contribution < -0.4 is 10.9 Å². The van der Waals surface area contributed by atoms with E-state index in [1.54, 1.807) is 16.9 Å². The van der Waals surface area contributed by atoms with Gasteiger partial charge in [0.15, 0.2) is 0 Å². The molecule has 0 fully saturated rings. The van der Waals surface area contributed by atoms with Crippen molar-refractivity contribution < 1.29 is 12.4 Å². The number of hydrogen-bond acceptors (Lipinski definition) is 4. The quantitative estimate of drug-likeness (QED) is 0.592. The van der Waals surface area contributed by atoms with Crippen LogP contribution >= 0.6 is 24.4 Å². The Kier molecular flexibility index (Phi) is 4.82. The van der Waals surface area contributed by atoms with Crippen molar-refractivity contribution >= 4 is 46.2 Å². The summed E-state index contributed by atoms with van der Waals surface area (Å²) in [4.78, 5) is 26.3. The van der Waals surface area contributed by atoms with Crippen LogP contribution in [-0.2, 0) is 22.7 Å². The van der Waals surface area contributed by atoms with Crippen molar-refractivity contribution in [1.29, 1.82) is 0 Å². The second-order valence-corrected chi connectivity index (χ2v) is 7.54. The molecule has 0 aromatic heterocycles. The number of hydrogen-bond donors (Lipinski definition) is 2. The molecule has 0 saturated heterocycles. The number of benzene rings is 2. The normalized spacial score (nSPS) is 14.9. The largest absolute Gasteiger partial charge is 0.272 e. The highest BCUT2D eigenvalue weighted by atomic mass is 32.1. The van der Waals surface area contributed by atoms with E-state index in [1.807, 2.05) is 48.5 Å². The van der Waals surface area contributed by atoms with E-state index in [2.05, 4.69) is 10.9 Å². The van der Waals surface area contributed by atoms with E-state index < -0.39 is 17.7 Å². The van der Waals surface area contributed by atoms with E-state index in [9.17, 15) is 9.59 Å². The summed E-state index contributed by atoms with van der Waals surface area (Å²) < 4.78 is 0. The summed E-state index contributed by atoms with van der Waals surface area (Å²) in [6.07, 6.45) is 0. The first kappa shape index (κ1) is 18.5. The van der Waals surface area contributed by atoms with Crippen molar-refractivity contribution in [1.82, 2.24) is 20.9 Å². The molecule has 0 aliphatic carbocycles. The van der Waals surface area contributed by atoms with Gasteiger partial charge in [-0.15, -0.1) is 0 Å². The fraction of sp³-hybridized carbons (Fsp3) is 0.200. The van der Waals surface area contributed by atoms with Gasteiger partial charge in [0.1, 0.15) is 15.9 Å². The van der Waals surface area contributed by atoms with Crippen LogP contribution in [0, 0.1) is 5.92 Å². The number of carbonyl (C=O) groups excluding carboxylic acids is 2. The predicted molar refractivity (Wildman–Crippen MR) is 117 cm³/mol. The summed E-state index contributed by atoms with van der Waals surface area (Å²) in [5.41, 5.74) is 9.45. The second-order valence-electron chi connectivity index (χ2n) is 6.77. The zero-order valence-corrected chi connectivity index (χ0v) is 16.8. The van der Waals surface area contributed by atoms with E-state index in [4.69, 9.17) is 24.4 Å². The van der Waals surface area contributed by atoms with Gasteiger partial charge in [0.2, 0.25) is 0 Å². The molecule has 0 saturated carbocycles. The summed E-state index contributed by atoms with van der Waals surface area (Å²) in [7, 11) is 0. The highest BCUT2D eigenvalue weighted by Gasteiger charge is 2.31. The maximum atomic E-state index is 12.6. The van der Waals surface area contributed by atoms with Gasteiger partial charge in [0, 0.05) is 14.0 Å². The van der Waals surface area contributed by atoms with Gasteiger partial charge in [-0.3, -0.25) is 30.5 Å². The van der Waals surface area contributed by atoms with Crippen LogP contribution in [0.15, 0.2) is 48.5 Å². The predicted octanol–water partition coefficient (Wildman–Crippen LogP) is 2.56. The molecule has 4 rings (SSSR count). The third kappa shape index (κ3) is 3.25. The fourth-order valence-electron chi connectivity index (χ4n) is 3.27. The fourth-order valence-corrected chi connectivity index (χ4v) is 3.89. The minimum atomic E-state index is -0.905. The molecule has 6 nitrogen and oxygen atoms in total. The average molecular weight is 415 g/mol. The summed E-state index contributed by atoms with van der Waals surface area (Å²) >= 11 is 10.8. The third-order valence-electron chi connectivity index (χ3n) is 4.92. The number of nitrogens with one attached hydrogen (secondary N) is 2. The maximum Gasteiger partial charge on any atom is 0.250 e. The molecule has 2 aromatic rings. The monoisotopic (exact) mass is 414 g/mol. The Morgan fingerprint density at radius 3 is 1.64 bits per heavy atom. The Labute approximate surface area is 176 Å². The van der Waals surface area contributed by atoms with Crippen molar-refractivity contribution in [2.45, 2.75) is 20.0 Å². The van der Waals surface area contributed by atoms with Crippen molar-refractivity contribution in [3.63, 3.8) is 0 Å². The summed E-state index contributed by atoms with van der Waals surface area (Å²) in [5, 5.41) is 3.20. The van der Waals surface area contributed by atoms with Crippen LogP contribution in [0.4, 0.5) is 0 Å². The molecule has 0 atom stereocenters. The van der Waals surface area contributed by atoms with Crippen molar-refractivity contribution in [3.8, 4) is 0 Å². The molecule has 0 unspecified atom stereocenters. The summed E-state index contributed by atoms with van der Waals surface area (Å²) in [5.74, 6) is -1.75. The van der Waals surface area contributed by atoms with Gasteiger partial charge in [-0.2, -0.15) is 0 Å². The number of thiocarbonyl (C=S) groups is 2.